The number of hydrogen-bond acceptors (Lipinski definition) is 3. The number of nitrogens with one attached hydrogen (secondary N) is 1. The average molecular weight is 436 g/mol. The molecular formula is C27H37N3O2. The van der Waals surface area contributed by atoms with Crippen LogP contribution >= 0.6 is 0 Å². The Balaban J connectivity index is 1.62. The Morgan fingerprint density at radius 3 is 2.34 bits per heavy atom. The number of ether oxygens (including phenoxy) is 1. The summed E-state index contributed by atoms with van der Waals surface area (Å²) in [4.78, 5) is 16.9. The van der Waals surface area contributed by atoms with Crippen LogP contribution in [-0.2, 0) is 23.2 Å². The molecule has 5 nitrogen and oxygen atoms in total. The van der Waals surface area contributed by atoms with Crippen molar-refractivity contribution in [1.82, 2.24) is 14.9 Å². The lowest BCUT2D eigenvalue weighted by Crippen LogP contribution is -2.35. The van der Waals surface area contributed by atoms with Crippen LogP contribution in [0.4, 0.5) is 0 Å². The maximum absolute atomic E-state index is 12.1. The minimum absolute atomic E-state index is 0.0804. The van der Waals surface area contributed by atoms with Crippen molar-refractivity contribution < 1.29 is 9.53 Å². The monoisotopic (exact) mass is 435 g/mol. The van der Waals surface area contributed by atoms with Crippen LogP contribution in [-0.4, -0.2) is 28.6 Å². The third kappa shape index (κ3) is 6.12. The number of benzene rings is 2. The number of amides is 1. The van der Waals surface area contributed by atoms with Crippen LogP contribution in [0.15, 0.2) is 48.5 Å². The first-order chi connectivity index (χ1) is 15.1. The van der Waals surface area contributed by atoms with Gasteiger partial charge in [-0.3, -0.25) is 4.79 Å². The molecule has 1 N–H and O–H groups in total. The number of fused-ring (bicyclic) bond motifs is 1. The summed E-state index contributed by atoms with van der Waals surface area (Å²) in [7, 11) is 0. The molecule has 2 aromatic carbocycles. The van der Waals surface area contributed by atoms with Crippen LogP contribution in [0.1, 0.15) is 59.4 Å². The molecule has 1 heterocycles. The van der Waals surface area contributed by atoms with E-state index in [0.717, 1.165) is 42.0 Å². The lowest BCUT2D eigenvalue weighted by atomic mass is 9.87. The summed E-state index contributed by atoms with van der Waals surface area (Å²) in [5.41, 5.74) is 3.18. The largest absolute Gasteiger partial charge is 0.492 e. The Morgan fingerprint density at radius 2 is 1.69 bits per heavy atom. The van der Waals surface area contributed by atoms with E-state index < -0.39 is 0 Å². The van der Waals surface area contributed by atoms with E-state index in [1.165, 1.54) is 5.56 Å². The van der Waals surface area contributed by atoms with Gasteiger partial charge in [-0.15, -0.1) is 0 Å². The molecule has 0 spiro atoms. The maximum Gasteiger partial charge on any atom is 0.225 e. The van der Waals surface area contributed by atoms with Crippen molar-refractivity contribution >= 4 is 16.9 Å². The first kappa shape index (κ1) is 23.8. The van der Waals surface area contributed by atoms with Crippen molar-refractivity contribution in [2.24, 2.45) is 5.41 Å². The number of rotatable bonds is 8. The average Bonchev–Trinajstić information content (AvgIpc) is 3.07. The maximum atomic E-state index is 12.1. The molecule has 1 aromatic heterocycles. The van der Waals surface area contributed by atoms with E-state index in [4.69, 9.17) is 9.72 Å². The lowest BCUT2D eigenvalue weighted by Gasteiger charge is -2.19. The first-order valence-electron chi connectivity index (χ1n) is 11.5. The van der Waals surface area contributed by atoms with Gasteiger partial charge in [-0.05, 0) is 41.7 Å². The molecule has 0 aliphatic heterocycles. The van der Waals surface area contributed by atoms with E-state index >= 15 is 0 Å². The fourth-order valence-electron chi connectivity index (χ4n) is 3.59. The van der Waals surface area contributed by atoms with E-state index in [1.54, 1.807) is 0 Å². The summed E-state index contributed by atoms with van der Waals surface area (Å²) < 4.78 is 8.28. The molecular weight excluding hydrogens is 398 g/mol. The van der Waals surface area contributed by atoms with Gasteiger partial charge in [0.25, 0.3) is 0 Å². The molecule has 1 amide bonds. The summed E-state index contributed by atoms with van der Waals surface area (Å²) in [6.45, 7) is 14.4. The fraction of sp³-hybridized carbons (Fsp3) is 0.481. The van der Waals surface area contributed by atoms with Crippen molar-refractivity contribution in [2.45, 2.75) is 66.3 Å². The molecule has 32 heavy (non-hydrogen) atoms. The second-order valence-electron chi connectivity index (χ2n) is 10.4. The van der Waals surface area contributed by atoms with Gasteiger partial charge in [-0.2, -0.15) is 0 Å². The number of nitrogens with zero attached hydrogens (tertiary/aromatic N) is 2. The highest BCUT2D eigenvalue weighted by Gasteiger charge is 2.20. The van der Waals surface area contributed by atoms with E-state index in [-0.39, 0.29) is 16.7 Å². The van der Waals surface area contributed by atoms with E-state index in [1.807, 2.05) is 51.1 Å². The molecule has 0 unspecified atom stereocenters. The van der Waals surface area contributed by atoms with Gasteiger partial charge in [-0.25, -0.2) is 4.98 Å². The molecule has 0 aliphatic carbocycles. The predicted molar refractivity (Wildman–Crippen MR) is 131 cm³/mol. The number of aromatic nitrogens is 2. The minimum atomic E-state index is -0.366. The van der Waals surface area contributed by atoms with Gasteiger partial charge in [-0.1, -0.05) is 65.8 Å². The molecule has 0 saturated carbocycles. The van der Waals surface area contributed by atoms with Gasteiger partial charge >= 0.3 is 0 Å². The van der Waals surface area contributed by atoms with Crippen molar-refractivity contribution in [3.05, 3.63) is 59.9 Å². The quantitative estimate of drug-likeness (QED) is 0.475. The predicted octanol–water partition coefficient (Wildman–Crippen LogP) is 5.51. The van der Waals surface area contributed by atoms with E-state index in [2.05, 4.69) is 48.9 Å². The zero-order chi connectivity index (χ0) is 23.4. The molecule has 0 fully saturated rings. The number of hydrogen-bond donors (Lipinski definition) is 1. The van der Waals surface area contributed by atoms with Crippen molar-refractivity contribution in [3.8, 4) is 5.75 Å². The standard InChI is InChI=1S/C27H37N3O2/c1-26(2,3)20-13-15-21(16-14-20)32-19-18-30-23-11-8-7-10-22(23)29-24(30)12-9-17-28-25(31)27(4,5)6/h7-8,10-11,13-16H,9,12,17-19H2,1-6H3,(H,28,31). The summed E-state index contributed by atoms with van der Waals surface area (Å²) in [5, 5.41) is 3.03. The molecule has 0 bridgehead atoms. The summed E-state index contributed by atoms with van der Waals surface area (Å²) in [5.74, 6) is 1.99. The molecule has 3 rings (SSSR count). The molecule has 0 radical (unpaired) electrons. The van der Waals surface area contributed by atoms with Crippen molar-refractivity contribution in [3.63, 3.8) is 0 Å². The van der Waals surface area contributed by atoms with E-state index in [9.17, 15) is 4.79 Å². The smallest absolute Gasteiger partial charge is 0.225 e. The zero-order valence-corrected chi connectivity index (χ0v) is 20.4. The Labute approximate surface area is 192 Å². The van der Waals surface area contributed by atoms with Crippen LogP contribution in [0.3, 0.4) is 0 Å². The summed E-state index contributed by atoms with van der Waals surface area (Å²) in [6, 6.07) is 16.6. The Bertz CT molecular complexity index is 1040. The van der Waals surface area contributed by atoms with Crippen molar-refractivity contribution in [1.29, 1.82) is 0 Å². The van der Waals surface area contributed by atoms with Crippen LogP contribution in [0.25, 0.3) is 11.0 Å². The highest BCUT2D eigenvalue weighted by molar-refractivity contribution is 5.81. The zero-order valence-electron chi connectivity index (χ0n) is 20.4. The molecule has 5 heteroatoms. The Hall–Kier alpha value is -2.82. The highest BCUT2D eigenvalue weighted by Crippen LogP contribution is 2.24. The normalized spacial score (nSPS) is 12.2. The Morgan fingerprint density at radius 1 is 1.00 bits per heavy atom. The van der Waals surface area contributed by atoms with Gasteiger partial charge in [0.15, 0.2) is 0 Å². The number of carbonyl (C=O) groups excluding carboxylic acids is 1. The summed E-state index contributed by atoms with van der Waals surface area (Å²) >= 11 is 0. The molecule has 0 atom stereocenters. The number of imidazole rings is 1. The van der Waals surface area contributed by atoms with Crippen LogP contribution in [0, 0.1) is 5.41 Å². The number of carbonyl (C=O) groups is 1. The molecule has 3 aromatic rings. The second-order valence-corrected chi connectivity index (χ2v) is 10.4. The van der Waals surface area contributed by atoms with Crippen molar-refractivity contribution in [2.75, 3.05) is 13.2 Å². The van der Waals surface area contributed by atoms with Crippen LogP contribution in [0.5, 0.6) is 5.75 Å². The number of para-hydroxylation sites is 2. The second kappa shape index (κ2) is 9.76. The topological polar surface area (TPSA) is 56.2 Å². The molecule has 0 aliphatic rings. The molecule has 172 valence electrons. The number of aryl methyl sites for hydroxylation is 1. The van der Waals surface area contributed by atoms with Gasteiger partial charge < -0.3 is 14.6 Å². The highest BCUT2D eigenvalue weighted by atomic mass is 16.5. The van der Waals surface area contributed by atoms with Gasteiger partial charge in [0.05, 0.1) is 17.6 Å². The molecule has 0 saturated heterocycles. The third-order valence-corrected chi connectivity index (χ3v) is 5.58. The summed E-state index contributed by atoms with van der Waals surface area (Å²) in [6.07, 6.45) is 1.65. The first-order valence-corrected chi connectivity index (χ1v) is 11.5. The fourth-order valence-corrected chi connectivity index (χ4v) is 3.59. The SMILES string of the molecule is CC(C)(C)C(=O)NCCCc1nc2ccccc2n1CCOc1ccc(C(C)(C)C)cc1. The van der Waals surface area contributed by atoms with Crippen LogP contribution < -0.4 is 10.1 Å². The minimum Gasteiger partial charge on any atom is -0.492 e. The lowest BCUT2D eigenvalue weighted by molar-refractivity contribution is -0.128. The third-order valence-electron chi connectivity index (χ3n) is 5.58. The van der Waals surface area contributed by atoms with Gasteiger partial charge in [0, 0.05) is 18.4 Å². The van der Waals surface area contributed by atoms with Crippen LogP contribution in [0.2, 0.25) is 0 Å². The van der Waals surface area contributed by atoms with Gasteiger partial charge in [0.2, 0.25) is 5.91 Å². The van der Waals surface area contributed by atoms with Gasteiger partial charge in [0.1, 0.15) is 18.2 Å². The Kier molecular flexibility index (Phi) is 7.27. The van der Waals surface area contributed by atoms with E-state index in [0.29, 0.717) is 13.2 Å².